The van der Waals surface area contributed by atoms with Gasteiger partial charge in [-0.15, -0.1) is 0 Å². The minimum atomic E-state index is 0.209. The first-order valence-corrected chi connectivity index (χ1v) is 7.79. The predicted octanol–water partition coefficient (Wildman–Crippen LogP) is 2.73. The van der Waals surface area contributed by atoms with Crippen LogP contribution in [0.3, 0.4) is 0 Å². The van der Waals surface area contributed by atoms with Gasteiger partial charge in [0.25, 0.3) is 0 Å². The van der Waals surface area contributed by atoms with Crippen LogP contribution in [0.4, 0.5) is 0 Å². The van der Waals surface area contributed by atoms with Gasteiger partial charge in [0.05, 0.1) is 6.42 Å². The number of likely N-dealkylation sites (N-methyl/N-ethyl adjacent to an activating group) is 1. The molecule has 0 aliphatic carbocycles. The Morgan fingerprint density at radius 2 is 2.15 bits per heavy atom. The Kier molecular flexibility index (Phi) is 5.86. The van der Waals surface area contributed by atoms with Gasteiger partial charge in [-0.1, -0.05) is 23.7 Å². The van der Waals surface area contributed by atoms with Crippen LogP contribution in [-0.2, 0) is 11.2 Å². The maximum Gasteiger partial charge on any atom is 0.226 e. The van der Waals surface area contributed by atoms with Gasteiger partial charge in [-0.05, 0) is 56.5 Å². The quantitative estimate of drug-likeness (QED) is 0.906. The van der Waals surface area contributed by atoms with Crippen LogP contribution in [0.15, 0.2) is 24.3 Å². The molecule has 4 heteroatoms. The molecular weight excluding hydrogens is 272 g/mol. The third-order valence-electron chi connectivity index (χ3n) is 3.88. The van der Waals surface area contributed by atoms with Crippen molar-refractivity contribution in [2.45, 2.75) is 26.2 Å². The van der Waals surface area contributed by atoms with Crippen molar-refractivity contribution in [2.75, 3.05) is 26.2 Å². The molecule has 0 aromatic heterocycles. The lowest BCUT2D eigenvalue weighted by Gasteiger charge is -2.29. The third-order valence-corrected chi connectivity index (χ3v) is 4.13. The van der Waals surface area contributed by atoms with Crippen molar-refractivity contribution in [3.05, 3.63) is 34.9 Å². The average Bonchev–Trinajstić information content (AvgIpc) is 2.48. The Bertz CT molecular complexity index is 427. The molecule has 1 atom stereocenters. The molecule has 2 rings (SSSR count). The second kappa shape index (κ2) is 7.65. The van der Waals surface area contributed by atoms with E-state index in [1.54, 1.807) is 0 Å². The first-order valence-electron chi connectivity index (χ1n) is 7.42. The van der Waals surface area contributed by atoms with Gasteiger partial charge in [0.1, 0.15) is 0 Å². The molecule has 1 aromatic rings. The molecule has 0 bridgehead atoms. The molecule has 1 fully saturated rings. The summed E-state index contributed by atoms with van der Waals surface area (Å²) in [7, 11) is 0. The Hall–Kier alpha value is -1.06. The number of carbonyl (C=O) groups is 1. The number of halogens is 1. The van der Waals surface area contributed by atoms with Gasteiger partial charge in [0.15, 0.2) is 0 Å². The fourth-order valence-corrected chi connectivity index (χ4v) is 2.81. The number of nitrogens with zero attached hydrogens (tertiary/aromatic N) is 1. The topological polar surface area (TPSA) is 32.3 Å². The highest BCUT2D eigenvalue weighted by Gasteiger charge is 2.19. The third kappa shape index (κ3) is 4.50. The van der Waals surface area contributed by atoms with E-state index in [4.69, 9.17) is 11.6 Å². The van der Waals surface area contributed by atoms with Gasteiger partial charge in [-0.3, -0.25) is 4.79 Å². The van der Waals surface area contributed by atoms with Crippen molar-refractivity contribution < 1.29 is 4.79 Å². The van der Waals surface area contributed by atoms with Crippen molar-refractivity contribution in [3.63, 3.8) is 0 Å². The lowest BCUT2D eigenvalue weighted by atomic mass is 9.99. The van der Waals surface area contributed by atoms with Crippen LogP contribution in [0.2, 0.25) is 5.02 Å². The molecule has 1 aromatic carbocycles. The maximum atomic E-state index is 12.4. The normalized spacial score (nSPS) is 18.8. The van der Waals surface area contributed by atoms with Crippen molar-refractivity contribution in [3.8, 4) is 0 Å². The van der Waals surface area contributed by atoms with Gasteiger partial charge in [-0.25, -0.2) is 0 Å². The second-order valence-electron chi connectivity index (χ2n) is 5.45. The number of amides is 1. The lowest BCUT2D eigenvalue weighted by Crippen LogP contribution is -2.41. The van der Waals surface area contributed by atoms with E-state index in [1.807, 2.05) is 29.2 Å². The van der Waals surface area contributed by atoms with E-state index in [0.717, 1.165) is 31.7 Å². The fraction of sp³-hybridized carbons (Fsp3) is 0.562. The molecule has 1 aliphatic heterocycles. The maximum absolute atomic E-state index is 12.4. The van der Waals surface area contributed by atoms with Gasteiger partial charge < -0.3 is 10.2 Å². The molecule has 1 amide bonds. The van der Waals surface area contributed by atoms with Crippen LogP contribution < -0.4 is 5.32 Å². The number of hydrogen-bond acceptors (Lipinski definition) is 2. The van der Waals surface area contributed by atoms with Gasteiger partial charge in [0, 0.05) is 18.1 Å². The monoisotopic (exact) mass is 294 g/mol. The summed E-state index contributed by atoms with van der Waals surface area (Å²) in [6, 6.07) is 7.53. The van der Waals surface area contributed by atoms with E-state index in [-0.39, 0.29) is 5.91 Å². The molecule has 0 saturated carbocycles. The highest BCUT2D eigenvalue weighted by molar-refractivity contribution is 6.30. The number of piperidine rings is 1. The summed E-state index contributed by atoms with van der Waals surface area (Å²) in [6.07, 6.45) is 2.90. The summed E-state index contributed by atoms with van der Waals surface area (Å²) in [4.78, 5) is 14.4. The average molecular weight is 295 g/mol. The van der Waals surface area contributed by atoms with Crippen LogP contribution in [0.25, 0.3) is 0 Å². The standard InChI is InChI=1S/C16H23ClN2O/c1-2-19(12-14-4-3-9-18-11-14)16(20)10-13-5-7-15(17)8-6-13/h5-8,14,18H,2-4,9-12H2,1H3. The molecule has 1 unspecified atom stereocenters. The molecule has 3 nitrogen and oxygen atoms in total. The van der Waals surface area contributed by atoms with E-state index < -0.39 is 0 Å². The molecule has 110 valence electrons. The summed E-state index contributed by atoms with van der Waals surface area (Å²) >= 11 is 5.86. The first kappa shape index (κ1) is 15.3. The molecule has 1 saturated heterocycles. The Morgan fingerprint density at radius 1 is 1.40 bits per heavy atom. The van der Waals surface area contributed by atoms with Gasteiger partial charge in [-0.2, -0.15) is 0 Å². The van der Waals surface area contributed by atoms with Crippen molar-refractivity contribution >= 4 is 17.5 Å². The van der Waals surface area contributed by atoms with Crippen LogP contribution in [0.5, 0.6) is 0 Å². The zero-order valence-corrected chi connectivity index (χ0v) is 12.8. The minimum Gasteiger partial charge on any atom is -0.342 e. The summed E-state index contributed by atoms with van der Waals surface area (Å²) in [5.41, 5.74) is 1.03. The Labute approximate surface area is 126 Å². The summed E-state index contributed by atoms with van der Waals surface area (Å²) in [5, 5.41) is 4.12. The molecule has 20 heavy (non-hydrogen) atoms. The minimum absolute atomic E-state index is 0.209. The summed E-state index contributed by atoms with van der Waals surface area (Å²) < 4.78 is 0. The number of carbonyl (C=O) groups excluding carboxylic acids is 1. The number of rotatable bonds is 5. The Morgan fingerprint density at radius 3 is 2.75 bits per heavy atom. The highest BCUT2D eigenvalue weighted by Crippen LogP contribution is 2.14. The van der Waals surface area contributed by atoms with Crippen LogP contribution in [0, 0.1) is 5.92 Å². The summed E-state index contributed by atoms with van der Waals surface area (Å²) in [6.45, 7) is 5.85. The second-order valence-corrected chi connectivity index (χ2v) is 5.88. The zero-order valence-electron chi connectivity index (χ0n) is 12.1. The molecule has 1 heterocycles. The molecule has 1 aliphatic rings. The molecule has 0 spiro atoms. The fourth-order valence-electron chi connectivity index (χ4n) is 2.69. The predicted molar refractivity (Wildman–Crippen MR) is 83.0 cm³/mol. The van der Waals surface area contributed by atoms with E-state index in [9.17, 15) is 4.79 Å². The lowest BCUT2D eigenvalue weighted by molar-refractivity contribution is -0.131. The van der Waals surface area contributed by atoms with Crippen LogP contribution in [0.1, 0.15) is 25.3 Å². The van der Waals surface area contributed by atoms with Crippen molar-refractivity contribution in [2.24, 2.45) is 5.92 Å². The van der Waals surface area contributed by atoms with Gasteiger partial charge >= 0.3 is 0 Å². The van der Waals surface area contributed by atoms with Crippen molar-refractivity contribution in [1.29, 1.82) is 0 Å². The van der Waals surface area contributed by atoms with Crippen LogP contribution >= 0.6 is 11.6 Å². The van der Waals surface area contributed by atoms with E-state index in [2.05, 4.69) is 12.2 Å². The first-order chi connectivity index (χ1) is 9.69. The van der Waals surface area contributed by atoms with Crippen LogP contribution in [-0.4, -0.2) is 37.0 Å². The molecule has 0 radical (unpaired) electrons. The molecular formula is C16H23ClN2O. The van der Waals surface area contributed by atoms with Gasteiger partial charge in [0.2, 0.25) is 5.91 Å². The smallest absolute Gasteiger partial charge is 0.226 e. The largest absolute Gasteiger partial charge is 0.342 e. The summed E-state index contributed by atoms with van der Waals surface area (Å²) in [5.74, 6) is 0.804. The van der Waals surface area contributed by atoms with Crippen molar-refractivity contribution in [1.82, 2.24) is 10.2 Å². The highest BCUT2D eigenvalue weighted by atomic mass is 35.5. The number of benzene rings is 1. The van der Waals surface area contributed by atoms with E-state index in [0.29, 0.717) is 17.4 Å². The Balaban J connectivity index is 1.89. The SMILES string of the molecule is CCN(CC1CCCNC1)C(=O)Cc1ccc(Cl)cc1. The molecule has 1 N–H and O–H groups in total. The van der Waals surface area contributed by atoms with E-state index >= 15 is 0 Å². The zero-order chi connectivity index (χ0) is 14.4. The number of hydrogen-bond donors (Lipinski definition) is 1. The van der Waals surface area contributed by atoms with E-state index in [1.165, 1.54) is 12.8 Å². The number of nitrogens with one attached hydrogen (secondary N) is 1.